The van der Waals surface area contributed by atoms with E-state index in [2.05, 4.69) is 33.3 Å². The highest BCUT2D eigenvalue weighted by Crippen LogP contribution is 2.16. The zero-order valence-electron chi connectivity index (χ0n) is 11.0. The van der Waals surface area contributed by atoms with Crippen molar-refractivity contribution in [2.45, 2.75) is 39.2 Å². The third-order valence-corrected chi connectivity index (χ3v) is 3.39. The Morgan fingerprint density at radius 3 is 2.89 bits per heavy atom. The van der Waals surface area contributed by atoms with Crippen LogP contribution in [0.1, 0.15) is 32.6 Å². The fraction of sp³-hybridized carbons (Fsp3) is 0.583. The van der Waals surface area contributed by atoms with E-state index in [0.717, 1.165) is 12.8 Å². The molecule has 0 aromatic carbocycles. The molecule has 0 radical (unpaired) electrons. The van der Waals surface area contributed by atoms with Crippen molar-refractivity contribution < 1.29 is 4.79 Å². The monoisotopic (exact) mass is 330 g/mol. The van der Waals surface area contributed by atoms with Crippen LogP contribution in [0.3, 0.4) is 0 Å². The molecule has 19 heavy (non-hydrogen) atoms. The van der Waals surface area contributed by atoms with Crippen molar-refractivity contribution >= 4 is 27.5 Å². The molecule has 0 atom stereocenters. The van der Waals surface area contributed by atoms with Crippen molar-refractivity contribution in [3.63, 3.8) is 0 Å². The van der Waals surface area contributed by atoms with Crippen LogP contribution in [0.4, 0.5) is 5.69 Å². The van der Waals surface area contributed by atoms with Gasteiger partial charge in [0.15, 0.2) is 0 Å². The summed E-state index contributed by atoms with van der Waals surface area (Å²) in [4.78, 5) is 22.6. The number of primary amides is 1. The molecule has 1 heterocycles. The highest BCUT2D eigenvalue weighted by Gasteiger charge is 2.08. The number of hydrogen-bond donors (Lipinski definition) is 2. The minimum Gasteiger partial charge on any atom is -0.383 e. The number of halogens is 1. The van der Waals surface area contributed by atoms with E-state index in [0.29, 0.717) is 36.1 Å². The average molecular weight is 331 g/mol. The van der Waals surface area contributed by atoms with E-state index in [-0.39, 0.29) is 11.5 Å². The number of amides is 1. The lowest BCUT2D eigenvalue weighted by Gasteiger charge is -2.09. The van der Waals surface area contributed by atoms with Crippen LogP contribution in [-0.4, -0.2) is 22.2 Å². The number of anilines is 1. The van der Waals surface area contributed by atoms with Crippen LogP contribution in [0.5, 0.6) is 0 Å². The van der Waals surface area contributed by atoms with Gasteiger partial charge in [0.25, 0.3) is 5.56 Å². The molecule has 7 heteroatoms. The number of hydrogen-bond acceptors (Lipinski definition) is 4. The lowest BCUT2D eigenvalue weighted by molar-refractivity contribution is -0.118. The molecule has 1 amide bonds. The lowest BCUT2D eigenvalue weighted by atomic mass is 10.3. The second kappa shape index (κ2) is 7.93. The van der Waals surface area contributed by atoms with Gasteiger partial charge in [-0.05, 0) is 28.8 Å². The first kappa shape index (κ1) is 15.7. The minimum absolute atomic E-state index is 0.145. The van der Waals surface area contributed by atoms with Gasteiger partial charge in [0.2, 0.25) is 5.91 Å². The van der Waals surface area contributed by atoms with E-state index in [4.69, 9.17) is 5.73 Å². The Bertz CT molecular complexity index is 487. The van der Waals surface area contributed by atoms with Crippen molar-refractivity contribution in [3.8, 4) is 0 Å². The maximum absolute atomic E-state index is 12.0. The van der Waals surface area contributed by atoms with E-state index < -0.39 is 0 Å². The molecule has 0 unspecified atom stereocenters. The normalized spacial score (nSPS) is 10.4. The second-order valence-corrected chi connectivity index (χ2v) is 5.04. The van der Waals surface area contributed by atoms with Gasteiger partial charge in [-0.15, -0.1) is 0 Å². The van der Waals surface area contributed by atoms with Crippen LogP contribution >= 0.6 is 15.9 Å². The fourth-order valence-electron chi connectivity index (χ4n) is 1.54. The third kappa shape index (κ3) is 5.02. The Balaban J connectivity index is 2.63. The van der Waals surface area contributed by atoms with E-state index >= 15 is 0 Å². The predicted octanol–water partition coefficient (Wildman–Crippen LogP) is 1.48. The minimum atomic E-state index is -0.325. The summed E-state index contributed by atoms with van der Waals surface area (Å²) in [6.45, 7) is 3.26. The number of nitrogens with zero attached hydrogens (tertiary/aromatic N) is 2. The zero-order chi connectivity index (χ0) is 14.3. The Labute approximate surface area is 120 Å². The van der Waals surface area contributed by atoms with Gasteiger partial charge in [0, 0.05) is 19.5 Å². The van der Waals surface area contributed by atoms with E-state index in [9.17, 15) is 9.59 Å². The van der Waals surface area contributed by atoms with Gasteiger partial charge < -0.3 is 11.1 Å². The standard InChI is InChI=1S/C12H19BrN4O2/c1-2-3-7-17-12(19)11(13)9(8-16-17)15-6-4-5-10(14)18/h8,15H,2-7H2,1H3,(H2,14,18). The molecule has 106 valence electrons. The van der Waals surface area contributed by atoms with Crippen molar-refractivity contribution in [1.82, 2.24) is 9.78 Å². The van der Waals surface area contributed by atoms with Gasteiger partial charge in [-0.2, -0.15) is 5.10 Å². The number of nitrogens with two attached hydrogens (primary N) is 1. The summed E-state index contributed by atoms with van der Waals surface area (Å²) in [5, 5.41) is 7.17. The molecule has 0 saturated carbocycles. The SMILES string of the molecule is CCCCn1ncc(NCCCC(N)=O)c(Br)c1=O. The van der Waals surface area contributed by atoms with Gasteiger partial charge in [0.05, 0.1) is 11.9 Å². The summed E-state index contributed by atoms with van der Waals surface area (Å²) in [7, 11) is 0. The van der Waals surface area contributed by atoms with Crippen LogP contribution in [-0.2, 0) is 11.3 Å². The Morgan fingerprint density at radius 2 is 2.26 bits per heavy atom. The molecule has 0 bridgehead atoms. The highest BCUT2D eigenvalue weighted by atomic mass is 79.9. The summed E-state index contributed by atoms with van der Waals surface area (Å²) in [5.74, 6) is -0.325. The van der Waals surface area contributed by atoms with Crippen molar-refractivity contribution in [2.24, 2.45) is 5.73 Å². The molecule has 1 aromatic rings. The summed E-state index contributed by atoms with van der Waals surface area (Å²) < 4.78 is 1.92. The van der Waals surface area contributed by atoms with Crippen LogP contribution in [0.25, 0.3) is 0 Å². The molecule has 0 spiro atoms. The summed E-state index contributed by atoms with van der Waals surface area (Å²) in [6, 6.07) is 0. The molecule has 1 aromatic heterocycles. The molecule has 0 aliphatic heterocycles. The van der Waals surface area contributed by atoms with Gasteiger partial charge in [-0.3, -0.25) is 9.59 Å². The van der Waals surface area contributed by atoms with Crippen molar-refractivity contribution in [1.29, 1.82) is 0 Å². The number of carbonyl (C=O) groups excluding carboxylic acids is 1. The van der Waals surface area contributed by atoms with Gasteiger partial charge in [0.1, 0.15) is 4.47 Å². The predicted molar refractivity (Wildman–Crippen MR) is 78.0 cm³/mol. The first-order valence-electron chi connectivity index (χ1n) is 6.34. The Morgan fingerprint density at radius 1 is 1.53 bits per heavy atom. The fourth-order valence-corrected chi connectivity index (χ4v) is 1.99. The lowest BCUT2D eigenvalue weighted by Crippen LogP contribution is -2.24. The molecule has 0 aliphatic rings. The van der Waals surface area contributed by atoms with Gasteiger partial charge in [-0.1, -0.05) is 13.3 Å². The Kier molecular flexibility index (Phi) is 6.55. The van der Waals surface area contributed by atoms with Gasteiger partial charge >= 0.3 is 0 Å². The summed E-state index contributed by atoms with van der Waals surface area (Å²) >= 11 is 3.28. The first-order chi connectivity index (χ1) is 9.06. The number of aryl methyl sites for hydroxylation is 1. The van der Waals surface area contributed by atoms with Crippen LogP contribution in [0.2, 0.25) is 0 Å². The molecule has 0 fully saturated rings. The number of aromatic nitrogens is 2. The number of carbonyl (C=O) groups is 1. The van der Waals surface area contributed by atoms with Crippen LogP contribution in [0, 0.1) is 0 Å². The molecular formula is C12H19BrN4O2. The number of unbranched alkanes of at least 4 members (excludes halogenated alkanes) is 1. The smallest absolute Gasteiger partial charge is 0.283 e. The maximum atomic E-state index is 12.0. The molecule has 0 aliphatic carbocycles. The van der Waals surface area contributed by atoms with Crippen molar-refractivity contribution in [3.05, 3.63) is 21.0 Å². The topological polar surface area (TPSA) is 90.0 Å². The van der Waals surface area contributed by atoms with Crippen molar-refractivity contribution in [2.75, 3.05) is 11.9 Å². The Hall–Kier alpha value is -1.37. The molecule has 3 N–H and O–H groups in total. The zero-order valence-corrected chi connectivity index (χ0v) is 12.6. The van der Waals surface area contributed by atoms with Gasteiger partial charge in [-0.25, -0.2) is 4.68 Å². The number of rotatable bonds is 8. The highest BCUT2D eigenvalue weighted by molar-refractivity contribution is 9.10. The maximum Gasteiger partial charge on any atom is 0.283 e. The summed E-state index contributed by atoms with van der Waals surface area (Å²) in [5.41, 5.74) is 5.55. The van der Waals surface area contributed by atoms with E-state index in [1.807, 2.05) is 0 Å². The summed E-state index contributed by atoms with van der Waals surface area (Å²) in [6.07, 6.45) is 4.50. The van der Waals surface area contributed by atoms with Crippen LogP contribution < -0.4 is 16.6 Å². The second-order valence-electron chi connectivity index (χ2n) is 4.25. The van der Waals surface area contributed by atoms with E-state index in [1.165, 1.54) is 4.68 Å². The van der Waals surface area contributed by atoms with E-state index in [1.54, 1.807) is 6.20 Å². The largest absolute Gasteiger partial charge is 0.383 e. The first-order valence-corrected chi connectivity index (χ1v) is 7.13. The van der Waals surface area contributed by atoms with Crippen LogP contribution in [0.15, 0.2) is 15.5 Å². The average Bonchev–Trinajstić information content (AvgIpc) is 2.38. The molecule has 0 saturated heterocycles. The molecule has 6 nitrogen and oxygen atoms in total. The number of nitrogens with one attached hydrogen (secondary N) is 1. The quantitative estimate of drug-likeness (QED) is 0.706. The third-order valence-electron chi connectivity index (χ3n) is 2.62. The molecular weight excluding hydrogens is 312 g/mol. The molecule has 1 rings (SSSR count).